The molecule has 3 rings (SSSR count). The second-order valence-corrected chi connectivity index (χ2v) is 4.44. The maximum Gasteiger partial charge on any atom is 0.138 e. The van der Waals surface area contributed by atoms with Gasteiger partial charge in [0.05, 0.1) is 22.7 Å². The molecule has 1 N–H and O–H groups in total. The van der Waals surface area contributed by atoms with E-state index >= 15 is 0 Å². The molecule has 2 aromatic carbocycles. The summed E-state index contributed by atoms with van der Waals surface area (Å²) in [6.45, 7) is 2.09. The van der Waals surface area contributed by atoms with Gasteiger partial charge in [0.25, 0.3) is 0 Å². The van der Waals surface area contributed by atoms with E-state index in [1.165, 1.54) is 0 Å². The van der Waals surface area contributed by atoms with Gasteiger partial charge in [-0.3, -0.25) is 0 Å². The lowest BCUT2D eigenvalue weighted by molar-refractivity contribution is 1.13. The summed E-state index contributed by atoms with van der Waals surface area (Å²) in [4.78, 5) is 7.94. The molecule has 0 fully saturated rings. The molecule has 92 valence electrons. The SMILES string of the molecule is CCc1cc(C#N)ccc1-c1nc2ccccc2[nH]1. The molecule has 0 saturated carbocycles. The number of benzene rings is 2. The van der Waals surface area contributed by atoms with Crippen LogP contribution in [0, 0.1) is 11.3 Å². The monoisotopic (exact) mass is 247 g/mol. The predicted octanol–water partition coefficient (Wildman–Crippen LogP) is 3.66. The average Bonchev–Trinajstić information content (AvgIpc) is 2.90. The lowest BCUT2D eigenvalue weighted by atomic mass is 10.0. The Kier molecular flexibility index (Phi) is 2.77. The maximum atomic E-state index is 8.96. The van der Waals surface area contributed by atoms with Gasteiger partial charge >= 0.3 is 0 Å². The fourth-order valence-electron chi connectivity index (χ4n) is 2.27. The summed E-state index contributed by atoms with van der Waals surface area (Å²) in [5.74, 6) is 0.863. The van der Waals surface area contributed by atoms with Crippen LogP contribution in [0.2, 0.25) is 0 Å². The zero-order valence-corrected chi connectivity index (χ0v) is 10.6. The van der Waals surface area contributed by atoms with Crippen LogP contribution in [0.4, 0.5) is 0 Å². The highest BCUT2D eigenvalue weighted by Gasteiger charge is 2.09. The molecule has 0 amide bonds. The van der Waals surface area contributed by atoms with Gasteiger partial charge in [-0.1, -0.05) is 19.1 Å². The molecule has 0 aliphatic rings. The van der Waals surface area contributed by atoms with E-state index < -0.39 is 0 Å². The summed E-state index contributed by atoms with van der Waals surface area (Å²) in [6.07, 6.45) is 0.877. The molecule has 3 nitrogen and oxygen atoms in total. The van der Waals surface area contributed by atoms with E-state index in [0.717, 1.165) is 34.4 Å². The molecule has 0 atom stereocenters. The number of nitriles is 1. The molecule has 0 bridgehead atoms. The van der Waals surface area contributed by atoms with Gasteiger partial charge in [-0.15, -0.1) is 0 Å². The van der Waals surface area contributed by atoms with Crippen molar-refractivity contribution in [1.29, 1.82) is 5.26 Å². The van der Waals surface area contributed by atoms with Crippen molar-refractivity contribution in [2.45, 2.75) is 13.3 Å². The highest BCUT2D eigenvalue weighted by atomic mass is 14.9. The fraction of sp³-hybridized carbons (Fsp3) is 0.125. The minimum atomic E-state index is 0.691. The maximum absolute atomic E-state index is 8.96. The number of hydrogen-bond acceptors (Lipinski definition) is 2. The van der Waals surface area contributed by atoms with Crippen LogP contribution in [0.25, 0.3) is 22.4 Å². The second kappa shape index (κ2) is 4.58. The molecule has 0 saturated heterocycles. The number of aromatic nitrogens is 2. The molecule has 3 aromatic rings. The zero-order valence-electron chi connectivity index (χ0n) is 10.6. The summed E-state index contributed by atoms with van der Waals surface area (Å²) in [7, 11) is 0. The molecule has 0 aliphatic heterocycles. The zero-order chi connectivity index (χ0) is 13.2. The Morgan fingerprint density at radius 3 is 2.79 bits per heavy atom. The highest BCUT2D eigenvalue weighted by molar-refractivity contribution is 5.80. The average molecular weight is 247 g/mol. The first-order valence-electron chi connectivity index (χ1n) is 6.30. The van der Waals surface area contributed by atoms with E-state index in [2.05, 4.69) is 23.0 Å². The number of para-hydroxylation sites is 2. The van der Waals surface area contributed by atoms with Crippen LogP contribution in [-0.4, -0.2) is 9.97 Å². The smallest absolute Gasteiger partial charge is 0.138 e. The van der Waals surface area contributed by atoms with Crippen molar-refractivity contribution in [1.82, 2.24) is 9.97 Å². The molecular formula is C16H13N3. The number of nitrogens with one attached hydrogen (secondary N) is 1. The number of nitrogens with zero attached hydrogens (tertiary/aromatic N) is 2. The number of rotatable bonds is 2. The molecule has 19 heavy (non-hydrogen) atoms. The van der Waals surface area contributed by atoms with Crippen LogP contribution < -0.4 is 0 Å². The van der Waals surface area contributed by atoms with Crippen molar-refractivity contribution in [3.05, 3.63) is 53.6 Å². The topological polar surface area (TPSA) is 52.5 Å². The summed E-state index contributed by atoms with van der Waals surface area (Å²) >= 11 is 0. The Hall–Kier alpha value is -2.60. The lowest BCUT2D eigenvalue weighted by Gasteiger charge is -2.05. The van der Waals surface area contributed by atoms with Gasteiger partial charge < -0.3 is 4.98 Å². The van der Waals surface area contributed by atoms with Crippen LogP contribution in [0.15, 0.2) is 42.5 Å². The Morgan fingerprint density at radius 1 is 1.21 bits per heavy atom. The van der Waals surface area contributed by atoms with E-state index in [1.54, 1.807) is 0 Å². The predicted molar refractivity (Wildman–Crippen MR) is 75.6 cm³/mol. The van der Waals surface area contributed by atoms with E-state index in [9.17, 15) is 0 Å². The van der Waals surface area contributed by atoms with E-state index in [1.807, 2.05) is 42.5 Å². The molecule has 0 spiro atoms. The van der Waals surface area contributed by atoms with Gasteiger partial charge in [-0.05, 0) is 42.3 Å². The molecule has 3 heteroatoms. The molecule has 0 radical (unpaired) electrons. The van der Waals surface area contributed by atoms with Gasteiger partial charge in [0, 0.05) is 5.56 Å². The van der Waals surface area contributed by atoms with Gasteiger partial charge in [0.2, 0.25) is 0 Å². The molecule has 1 heterocycles. The normalized spacial score (nSPS) is 10.5. The Morgan fingerprint density at radius 2 is 2.05 bits per heavy atom. The van der Waals surface area contributed by atoms with Crippen LogP contribution in [-0.2, 0) is 6.42 Å². The van der Waals surface area contributed by atoms with Crippen molar-refractivity contribution in [3.63, 3.8) is 0 Å². The van der Waals surface area contributed by atoms with Gasteiger partial charge in [0.1, 0.15) is 5.82 Å². The summed E-state index contributed by atoms with van der Waals surface area (Å²) in [5.41, 5.74) is 4.89. The second-order valence-electron chi connectivity index (χ2n) is 4.44. The lowest BCUT2D eigenvalue weighted by Crippen LogP contribution is -1.90. The summed E-state index contributed by atoms with van der Waals surface area (Å²) in [6, 6.07) is 15.9. The third kappa shape index (κ3) is 1.98. The number of aromatic amines is 1. The Balaban J connectivity index is 2.18. The number of imidazole rings is 1. The molecule has 1 aromatic heterocycles. The van der Waals surface area contributed by atoms with Crippen molar-refractivity contribution >= 4 is 11.0 Å². The number of hydrogen-bond donors (Lipinski definition) is 1. The van der Waals surface area contributed by atoms with Crippen LogP contribution >= 0.6 is 0 Å². The largest absolute Gasteiger partial charge is 0.338 e. The summed E-state index contributed by atoms with van der Waals surface area (Å²) in [5, 5.41) is 8.96. The number of aryl methyl sites for hydroxylation is 1. The van der Waals surface area contributed by atoms with Crippen molar-refractivity contribution < 1.29 is 0 Å². The Labute approximate surface area is 111 Å². The molecule has 0 aliphatic carbocycles. The van der Waals surface area contributed by atoms with Crippen LogP contribution in [0.3, 0.4) is 0 Å². The number of fused-ring (bicyclic) bond motifs is 1. The first-order chi connectivity index (χ1) is 9.31. The van der Waals surface area contributed by atoms with Gasteiger partial charge in [-0.2, -0.15) is 5.26 Å². The third-order valence-electron chi connectivity index (χ3n) is 3.26. The first-order valence-corrected chi connectivity index (χ1v) is 6.30. The van der Waals surface area contributed by atoms with Crippen molar-refractivity contribution in [2.24, 2.45) is 0 Å². The van der Waals surface area contributed by atoms with E-state index in [4.69, 9.17) is 5.26 Å². The van der Waals surface area contributed by atoms with E-state index in [-0.39, 0.29) is 0 Å². The van der Waals surface area contributed by atoms with Crippen LogP contribution in [0.1, 0.15) is 18.1 Å². The quantitative estimate of drug-likeness (QED) is 0.751. The third-order valence-corrected chi connectivity index (χ3v) is 3.26. The fourth-order valence-corrected chi connectivity index (χ4v) is 2.27. The molecule has 0 unspecified atom stereocenters. The van der Waals surface area contributed by atoms with Gasteiger partial charge in [0.15, 0.2) is 0 Å². The van der Waals surface area contributed by atoms with Crippen LogP contribution in [0.5, 0.6) is 0 Å². The van der Waals surface area contributed by atoms with Crippen molar-refractivity contribution in [3.8, 4) is 17.5 Å². The minimum Gasteiger partial charge on any atom is -0.338 e. The van der Waals surface area contributed by atoms with Crippen molar-refractivity contribution in [2.75, 3.05) is 0 Å². The first kappa shape index (κ1) is 11.5. The minimum absolute atomic E-state index is 0.691. The Bertz CT molecular complexity index is 745. The standard InChI is InChI=1S/C16H13N3/c1-2-12-9-11(10-17)7-8-13(12)16-18-14-5-3-4-6-15(14)19-16/h3-9H,2H2,1H3,(H,18,19). The number of H-pyrrole nitrogens is 1. The van der Waals surface area contributed by atoms with Gasteiger partial charge in [-0.25, -0.2) is 4.98 Å². The highest BCUT2D eigenvalue weighted by Crippen LogP contribution is 2.25. The van der Waals surface area contributed by atoms with E-state index in [0.29, 0.717) is 5.56 Å². The summed E-state index contributed by atoms with van der Waals surface area (Å²) < 4.78 is 0. The molecular weight excluding hydrogens is 234 g/mol.